The van der Waals surface area contributed by atoms with Crippen molar-refractivity contribution in [2.45, 2.75) is 20.0 Å². The molecule has 1 aliphatic rings. The highest BCUT2D eigenvalue weighted by Gasteiger charge is 2.33. The van der Waals surface area contributed by atoms with Crippen LogP contribution < -0.4 is 0 Å². The van der Waals surface area contributed by atoms with Crippen molar-refractivity contribution < 1.29 is 26.4 Å². The number of alkyl halides is 3. The largest absolute Gasteiger partial charge is 0.416 e. The first-order chi connectivity index (χ1) is 12.1. The van der Waals surface area contributed by atoms with Crippen LogP contribution in [0.1, 0.15) is 29.8 Å². The molecule has 1 fully saturated rings. The molecule has 1 saturated heterocycles. The summed E-state index contributed by atoms with van der Waals surface area (Å²) in [5.74, 6) is -0.404. The number of hydrogen-bond acceptors (Lipinski definition) is 3. The third-order valence-electron chi connectivity index (χ3n) is 4.34. The number of carbonyl (C=O) groups excluding carboxylic acids is 1. The first-order valence-corrected chi connectivity index (χ1v) is 9.72. The molecule has 0 spiro atoms. The molecule has 1 aromatic carbocycles. The van der Waals surface area contributed by atoms with Gasteiger partial charge in [0.05, 0.1) is 5.56 Å². The predicted octanol–water partition coefficient (Wildman–Crippen LogP) is 2.05. The molecule has 146 valence electrons. The molecular weight excluding hydrogens is 371 g/mol. The highest BCUT2D eigenvalue weighted by molar-refractivity contribution is 7.86. The topological polar surface area (TPSA) is 60.9 Å². The third-order valence-corrected chi connectivity index (χ3v) is 6.53. The predicted molar refractivity (Wildman–Crippen MR) is 90.8 cm³/mol. The molecule has 1 amide bonds. The fourth-order valence-electron chi connectivity index (χ4n) is 2.82. The number of rotatable bonds is 5. The molecule has 0 aromatic heterocycles. The van der Waals surface area contributed by atoms with Gasteiger partial charge in [-0.25, -0.2) is 0 Å². The molecule has 0 radical (unpaired) electrons. The fourth-order valence-corrected chi connectivity index (χ4v) is 4.42. The number of carbonyl (C=O) groups is 1. The Balaban J connectivity index is 2.02. The minimum absolute atomic E-state index is 0.151. The Morgan fingerprint density at radius 3 is 1.96 bits per heavy atom. The average Bonchev–Trinajstić information content (AvgIpc) is 2.61. The second-order valence-electron chi connectivity index (χ2n) is 5.86. The summed E-state index contributed by atoms with van der Waals surface area (Å²) in [5, 5.41) is 0. The van der Waals surface area contributed by atoms with E-state index in [1.54, 1.807) is 13.8 Å². The number of amides is 1. The van der Waals surface area contributed by atoms with E-state index in [-0.39, 0.29) is 31.7 Å². The van der Waals surface area contributed by atoms with Crippen LogP contribution in [0.2, 0.25) is 0 Å². The van der Waals surface area contributed by atoms with Gasteiger partial charge >= 0.3 is 6.18 Å². The molecule has 1 heterocycles. The summed E-state index contributed by atoms with van der Waals surface area (Å²) in [7, 11) is -3.56. The summed E-state index contributed by atoms with van der Waals surface area (Å²) in [6.45, 7) is 4.95. The van der Waals surface area contributed by atoms with Crippen molar-refractivity contribution in [3.63, 3.8) is 0 Å². The van der Waals surface area contributed by atoms with Crippen LogP contribution in [-0.2, 0) is 16.4 Å². The SMILES string of the molecule is CCN(CC)S(=O)(=O)N1CCN(C(=O)c2ccc(C(F)(F)F)cc2)CC1. The Labute approximate surface area is 151 Å². The smallest absolute Gasteiger partial charge is 0.336 e. The maximum Gasteiger partial charge on any atom is 0.416 e. The van der Waals surface area contributed by atoms with E-state index in [2.05, 4.69) is 0 Å². The summed E-state index contributed by atoms with van der Waals surface area (Å²) in [6, 6.07) is 4.02. The Hall–Kier alpha value is -1.65. The zero-order valence-corrected chi connectivity index (χ0v) is 15.5. The van der Waals surface area contributed by atoms with Crippen molar-refractivity contribution in [1.82, 2.24) is 13.5 Å². The number of piperazine rings is 1. The molecule has 0 aliphatic carbocycles. The van der Waals surface area contributed by atoms with E-state index in [0.29, 0.717) is 13.1 Å². The highest BCUT2D eigenvalue weighted by atomic mass is 32.2. The van der Waals surface area contributed by atoms with E-state index in [1.807, 2.05) is 0 Å². The van der Waals surface area contributed by atoms with E-state index in [0.717, 1.165) is 24.3 Å². The zero-order chi connectivity index (χ0) is 19.5. The molecule has 0 atom stereocenters. The summed E-state index contributed by atoms with van der Waals surface area (Å²) in [6.07, 6.45) is -4.45. The first-order valence-electron chi connectivity index (χ1n) is 8.33. The molecule has 1 aromatic rings. The Morgan fingerprint density at radius 2 is 1.54 bits per heavy atom. The Bertz CT molecular complexity index is 723. The minimum Gasteiger partial charge on any atom is -0.336 e. The molecule has 0 N–H and O–H groups in total. The Morgan fingerprint density at radius 1 is 1.04 bits per heavy atom. The van der Waals surface area contributed by atoms with Crippen LogP contribution in [0.3, 0.4) is 0 Å². The van der Waals surface area contributed by atoms with Gasteiger partial charge < -0.3 is 4.90 Å². The molecular formula is C16H22F3N3O3S. The van der Waals surface area contributed by atoms with Crippen LogP contribution in [0.15, 0.2) is 24.3 Å². The fraction of sp³-hybridized carbons (Fsp3) is 0.562. The van der Waals surface area contributed by atoms with E-state index >= 15 is 0 Å². The normalized spacial score (nSPS) is 16.9. The minimum atomic E-state index is -4.45. The molecule has 0 unspecified atom stereocenters. The lowest BCUT2D eigenvalue weighted by atomic mass is 10.1. The standard InChI is InChI=1S/C16H22F3N3O3S/c1-3-21(4-2)26(24,25)22-11-9-20(10-12-22)15(23)13-5-7-14(8-6-13)16(17,18)19/h5-8H,3-4,9-12H2,1-2H3. The lowest BCUT2D eigenvalue weighted by molar-refractivity contribution is -0.137. The number of halogens is 3. The van der Waals surface area contributed by atoms with Crippen LogP contribution in [0.25, 0.3) is 0 Å². The van der Waals surface area contributed by atoms with E-state index in [9.17, 15) is 26.4 Å². The van der Waals surface area contributed by atoms with Crippen LogP contribution >= 0.6 is 0 Å². The molecule has 0 bridgehead atoms. The molecule has 0 saturated carbocycles. The number of benzene rings is 1. The molecule has 6 nitrogen and oxygen atoms in total. The van der Waals surface area contributed by atoms with Crippen molar-refractivity contribution in [2.75, 3.05) is 39.3 Å². The average molecular weight is 393 g/mol. The van der Waals surface area contributed by atoms with Gasteiger partial charge in [-0.3, -0.25) is 4.79 Å². The van der Waals surface area contributed by atoms with Gasteiger partial charge in [0.1, 0.15) is 0 Å². The highest BCUT2D eigenvalue weighted by Crippen LogP contribution is 2.29. The van der Waals surface area contributed by atoms with Gasteiger partial charge in [-0.2, -0.15) is 30.2 Å². The van der Waals surface area contributed by atoms with Gasteiger partial charge in [0.25, 0.3) is 16.1 Å². The van der Waals surface area contributed by atoms with E-state index < -0.39 is 27.9 Å². The maximum atomic E-state index is 12.6. The van der Waals surface area contributed by atoms with Crippen molar-refractivity contribution in [1.29, 1.82) is 0 Å². The molecule has 1 aliphatic heterocycles. The molecule has 26 heavy (non-hydrogen) atoms. The van der Waals surface area contributed by atoms with Gasteiger partial charge in [-0.05, 0) is 24.3 Å². The molecule has 2 rings (SSSR count). The number of nitrogens with zero attached hydrogens (tertiary/aromatic N) is 3. The zero-order valence-electron chi connectivity index (χ0n) is 14.7. The first kappa shape index (κ1) is 20.7. The maximum absolute atomic E-state index is 12.6. The second-order valence-corrected chi connectivity index (χ2v) is 7.79. The Kier molecular flexibility index (Phi) is 6.30. The summed E-state index contributed by atoms with van der Waals surface area (Å²) in [4.78, 5) is 13.9. The van der Waals surface area contributed by atoms with Crippen molar-refractivity contribution in [3.05, 3.63) is 35.4 Å². The van der Waals surface area contributed by atoms with Crippen molar-refractivity contribution in [3.8, 4) is 0 Å². The van der Waals surface area contributed by atoms with Crippen LogP contribution in [-0.4, -0.2) is 67.1 Å². The van der Waals surface area contributed by atoms with Crippen LogP contribution in [0.5, 0.6) is 0 Å². The van der Waals surface area contributed by atoms with Gasteiger partial charge in [0.15, 0.2) is 0 Å². The van der Waals surface area contributed by atoms with E-state index in [1.165, 1.54) is 13.5 Å². The third kappa shape index (κ3) is 4.36. The van der Waals surface area contributed by atoms with Gasteiger partial charge in [-0.15, -0.1) is 0 Å². The van der Waals surface area contributed by atoms with Crippen molar-refractivity contribution in [2.24, 2.45) is 0 Å². The lowest BCUT2D eigenvalue weighted by Crippen LogP contribution is -2.54. The molecule has 10 heteroatoms. The van der Waals surface area contributed by atoms with Gasteiger partial charge in [0, 0.05) is 44.8 Å². The monoisotopic (exact) mass is 393 g/mol. The van der Waals surface area contributed by atoms with E-state index in [4.69, 9.17) is 0 Å². The second kappa shape index (κ2) is 7.93. The summed E-state index contributed by atoms with van der Waals surface area (Å²) in [5.41, 5.74) is -0.665. The quantitative estimate of drug-likeness (QED) is 0.769. The van der Waals surface area contributed by atoms with Crippen LogP contribution in [0.4, 0.5) is 13.2 Å². The summed E-state index contributed by atoms with van der Waals surface area (Å²) < 4.78 is 65.4. The lowest BCUT2D eigenvalue weighted by Gasteiger charge is -2.36. The van der Waals surface area contributed by atoms with Crippen molar-refractivity contribution >= 4 is 16.1 Å². The number of hydrogen-bond donors (Lipinski definition) is 0. The van der Waals surface area contributed by atoms with Crippen LogP contribution in [0, 0.1) is 0 Å². The van der Waals surface area contributed by atoms with Gasteiger partial charge in [0.2, 0.25) is 0 Å². The van der Waals surface area contributed by atoms with Gasteiger partial charge in [-0.1, -0.05) is 13.8 Å². The summed E-state index contributed by atoms with van der Waals surface area (Å²) >= 11 is 0.